The molecule has 0 bridgehead atoms. The molecule has 5 nitrogen and oxygen atoms in total. The van der Waals surface area contributed by atoms with Crippen LogP contribution in [0, 0.1) is 0 Å². The Morgan fingerprint density at radius 2 is 2.11 bits per heavy atom. The van der Waals surface area contributed by atoms with E-state index in [2.05, 4.69) is 35.9 Å². The van der Waals surface area contributed by atoms with Crippen LogP contribution < -0.4 is 5.32 Å². The van der Waals surface area contributed by atoms with Crippen LogP contribution in [0.1, 0.15) is 27.2 Å². The summed E-state index contributed by atoms with van der Waals surface area (Å²) >= 11 is 0. The maximum absolute atomic E-state index is 11.5. The lowest BCUT2D eigenvalue weighted by Gasteiger charge is -2.27. The second-order valence-electron chi connectivity index (χ2n) is 5.31. The first kappa shape index (κ1) is 15.4. The number of hydrogen-bond donors (Lipinski definition) is 2. The molecule has 106 valence electrons. The van der Waals surface area contributed by atoms with E-state index < -0.39 is 11.5 Å². The zero-order chi connectivity index (χ0) is 13.8. The van der Waals surface area contributed by atoms with Crippen molar-refractivity contribution in [2.24, 2.45) is 0 Å². The monoisotopic (exact) mass is 257 g/mol. The second kappa shape index (κ2) is 6.50. The Hall–Kier alpha value is -0.650. The van der Waals surface area contributed by atoms with Crippen molar-refractivity contribution in [3.63, 3.8) is 0 Å². The Morgan fingerprint density at radius 1 is 1.50 bits per heavy atom. The van der Waals surface area contributed by atoms with Gasteiger partial charge >= 0.3 is 5.97 Å². The third kappa shape index (κ3) is 3.43. The van der Waals surface area contributed by atoms with Crippen molar-refractivity contribution in [3.05, 3.63) is 0 Å². The molecule has 1 aliphatic rings. The molecule has 2 atom stereocenters. The van der Waals surface area contributed by atoms with E-state index in [1.807, 2.05) is 7.05 Å². The zero-order valence-corrected chi connectivity index (χ0v) is 12.1. The molecule has 2 N–H and O–H groups in total. The van der Waals surface area contributed by atoms with Gasteiger partial charge in [0.25, 0.3) is 0 Å². The van der Waals surface area contributed by atoms with Crippen LogP contribution in [0.25, 0.3) is 0 Å². The summed E-state index contributed by atoms with van der Waals surface area (Å²) in [6.45, 7) is 10.6. The highest BCUT2D eigenvalue weighted by atomic mass is 16.4. The van der Waals surface area contributed by atoms with Gasteiger partial charge in [0, 0.05) is 25.7 Å². The summed E-state index contributed by atoms with van der Waals surface area (Å²) in [5.41, 5.74) is -0.763. The normalized spacial score (nSPS) is 29.1. The quantitative estimate of drug-likeness (QED) is 0.694. The predicted molar refractivity (Wildman–Crippen MR) is 72.9 cm³/mol. The van der Waals surface area contributed by atoms with Gasteiger partial charge in [-0.05, 0) is 33.5 Å². The Kier molecular flexibility index (Phi) is 5.56. The zero-order valence-electron chi connectivity index (χ0n) is 12.1. The number of likely N-dealkylation sites (tertiary alicyclic amines) is 1. The third-order valence-electron chi connectivity index (χ3n) is 4.11. The molecule has 0 spiro atoms. The van der Waals surface area contributed by atoms with Crippen molar-refractivity contribution in [2.75, 3.05) is 39.8 Å². The molecule has 0 radical (unpaired) electrons. The van der Waals surface area contributed by atoms with Crippen LogP contribution in [0.3, 0.4) is 0 Å². The van der Waals surface area contributed by atoms with E-state index in [1.165, 1.54) is 0 Å². The molecule has 2 unspecified atom stereocenters. The smallest absolute Gasteiger partial charge is 0.325 e. The minimum absolute atomic E-state index is 0.321. The molecule has 0 aromatic carbocycles. The maximum atomic E-state index is 11.5. The van der Waals surface area contributed by atoms with Gasteiger partial charge in [0.1, 0.15) is 5.54 Å². The van der Waals surface area contributed by atoms with E-state index in [0.29, 0.717) is 19.0 Å². The topological polar surface area (TPSA) is 55.8 Å². The molecule has 0 amide bonds. The molecular formula is C13H27N3O2. The Balaban J connectivity index is 2.52. The fourth-order valence-electron chi connectivity index (χ4n) is 2.66. The summed E-state index contributed by atoms with van der Waals surface area (Å²) in [4.78, 5) is 15.9. The molecule has 0 aromatic heterocycles. The molecule has 1 heterocycles. The average molecular weight is 257 g/mol. The number of aliphatic carboxylic acids is 1. The molecule has 0 aromatic rings. The van der Waals surface area contributed by atoms with Crippen molar-refractivity contribution >= 4 is 5.97 Å². The first-order valence-corrected chi connectivity index (χ1v) is 6.86. The van der Waals surface area contributed by atoms with Crippen LogP contribution in [0.15, 0.2) is 0 Å². The van der Waals surface area contributed by atoms with Crippen LogP contribution >= 0.6 is 0 Å². The lowest BCUT2D eigenvalue weighted by molar-refractivity contribution is -0.144. The highest BCUT2D eigenvalue weighted by molar-refractivity contribution is 5.79. The van der Waals surface area contributed by atoms with Gasteiger partial charge in [0.15, 0.2) is 0 Å². The van der Waals surface area contributed by atoms with Gasteiger partial charge in [-0.3, -0.25) is 10.1 Å². The van der Waals surface area contributed by atoms with Crippen LogP contribution in [0.4, 0.5) is 0 Å². The molecule has 5 heteroatoms. The predicted octanol–water partition coefficient (Wildman–Crippen LogP) is 0.465. The van der Waals surface area contributed by atoms with Crippen molar-refractivity contribution < 1.29 is 9.90 Å². The standard InChI is InChI=1S/C13H27N3O2/c1-5-16(6-2)8-7-14-13(12(17)18)9-11(3)15(4)10-13/h11,14H,5-10H2,1-4H3,(H,17,18). The lowest BCUT2D eigenvalue weighted by Crippen LogP contribution is -2.55. The summed E-state index contributed by atoms with van der Waals surface area (Å²) < 4.78 is 0. The minimum Gasteiger partial charge on any atom is -0.480 e. The highest BCUT2D eigenvalue weighted by Crippen LogP contribution is 2.25. The minimum atomic E-state index is -0.763. The van der Waals surface area contributed by atoms with Crippen LogP contribution in [-0.4, -0.2) is 72.2 Å². The molecule has 1 fully saturated rings. The van der Waals surface area contributed by atoms with E-state index in [-0.39, 0.29) is 0 Å². The van der Waals surface area contributed by atoms with E-state index in [4.69, 9.17) is 0 Å². The second-order valence-corrected chi connectivity index (χ2v) is 5.31. The lowest BCUT2D eigenvalue weighted by atomic mass is 9.96. The van der Waals surface area contributed by atoms with Gasteiger partial charge in [-0.2, -0.15) is 0 Å². The SMILES string of the molecule is CCN(CC)CCNC1(C(=O)O)CC(C)N(C)C1. The van der Waals surface area contributed by atoms with Gasteiger partial charge in [-0.1, -0.05) is 13.8 Å². The Bertz CT molecular complexity index is 269. The number of carbonyl (C=O) groups is 1. The number of likely N-dealkylation sites (N-methyl/N-ethyl adjacent to an activating group) is 2. The van der Waals surface area contributed by atoms with Crippen molar-refractivity contribution in [1.82, 2.24) is 15.1 Å². The van der Waals surface area contributed by atoms with Gasteiger partial charge in [-0.25, -0.2) is 0 Å². The number of carboxylic acids is 1. The molecule has 0 aliphatic carbocycles. The highest BCUT2D eigenvalue weighted by Gasteiger charge is 2.46. The first-order valence-electron chi connectivity index (χ1n) is 6.86. The number of rotatable bonds is 7. The fourth-order valence-corrected chi connectivity index (χ4v) is 2.66. The van der Waals surface area contributed by atoms with Crippen LogP contribution in [0.2, 0.25) is 0 Å². The van der Waals surface area contributed by atoms with Gasteiger partial charge < -0.3 is 14.9 Å². The summed E-state index contributed by atoms with van der Waals surface area (Å²) in [5.74, 6) is -0.724. The summed E-state index contributed by atoms with van der Waals surface area (Å²) in [7, 11) is 1.99. The number of nitrogens with one attached hydrogen (secondary N) is 1. The summed E-state index contributed by atoms with van der Waals surface area (Å²) in [6.07, 6.45) is 0.678. The molecule has 1 rings (SSSR count). The van der Waals surface area contributed by atoms with Crippen molar-refractivity contribution in [3.8, 4) is 0 Å². The number of hydrogen-bond acceptors (Lipinski definition) is 4. The van der Waals surface area contributed by atoms with Crippen LogP contribution in [-0.2, 0) is 4.79 Å². The van der Waals surface area contributed by atoms with Gasteiger partial charge in [-0.15, -0.1) is 0 Å². The molecular weight excluding hydrogens is 230 g/mol. The molecule has 0 saturated carbocycles. The molecule has 1 saturated heterocycles. The van der Waals surface area contributed by atoms with Gasteiger partial charge in [0.05, 0.1) is 0 Å². The van der Waals surface area contributed by atoms with Crippen molar-refractivity contribution in [1.29, 1.82) is 0 Å². The van der Waals surface area contributed by atoms with E-state index in [1.54, 1.807) is 0 Å². The molecule has 18 heavy (non-hydrogen) atoms. The van der Waals surface area contributed by atoms with E-state index in [9.17, 15) is 9.90 Å². The van der Waals surface area contributed by atoms with Crippen LogP contribution in [0.5, 0.6) is 0 Å². The number of nitrogens with zero attached hydrogens (tertiary/aromatic N) is 2. The summed E-state index contributed by atoms with van der Waals surface area (Å²) in [6, 6.07) is 0.321. The van der Waals surface area contributed by atoms with Gasteiger partial charge in [0.2, 0.25) is 0 Å². The number of carboxylic acid groups (broad SMARTS) is 1. The van der Waals surface area contributed by atoms with E-state index >= 15 is 0 Å². The summed E-state index contributed by atoms with van der Waals surface area (Å²) in [5, 5.41) is 12.7. The van der Waals surface area contributed by atoms with E-state index in [0.717, 1.165) is 26.2 Å². The third-order valence-corrected chi connectivity index (χ3v) is 4.11. The Morgan fingerprint density at radius 3 is 2.50 bits per heavy atom. The average Bonchev–Trinajstić information content (AvgIpc) is 2.62. The van der Waals surface area contributed by atoms with Crippen molar-refractivity contribution in [2.45, 2.75) is 38.8 Å². The molecule has 1 aliphatic heterocycles. The fraction of sp³-hybridized carbons (Fsp3) is 0.923. The largest absolute Gasteiger partial charge is 0.480 e. The Labute approximate surface area is 110 Å². The first-order chi connectivity index (χ1) is 8.45. The maximum Gasteiger partial charge on any atom is 0.325 e.